The minimum absolute atomic E-state index is 0.0928. The summed E-state index contributed by atoms with van der Waals surface area (Å²) in [6, 6.07) is 16.5. The Bertz CT molecular complexity index is 1380. The predicted molar refractivity (Wildman–Crippen MR) is 140 cm³/mol. The molecule has 0 fully saturated rings. The lowest BCUT2D eigenvalue weighted by Crippen LogP contribution is -2.47. The van der Waals surface area contributed by atoms with Gasteiger partial charge in [-0.15, -0.1) is 11.3 Å². The summed E-state index contributed by atoms with van der Waals surface area (Å²) in [5.41, 5.74) is 1.67. The van der Waals surface area contributed by atoms with Gasteiger partial charge in [0.25, 0.3) is 5.91 Å². The first-order valence-corrected chi connectivity index (χ1v) is 12.5. The summed E-state index contributed by atoms with van der Waals surface area (Å²) in [7, 11) is 0. The van der Waals surface area contributed by atoms with E-state index in [0.717, 1.165) is 11.6 Å². The average molecular weight is 540 g/mol. The zero-order valence-electron chi connectivity index (χ0n) is 19.7. The number of benzene rings is 2. The number of furan rings is 1. The second-order valence-corrected chi connectivity index (χ2v) is 9.49. The van der Waals surface area contributed by atoms with Crippen molar-refractivity contribution in [3.8, 4) is 0 Å². The number of aryl methyl sites for hydroxylation is 1. The number of carbonyl (C=O) groups excluding carboxylic acids is 3. The third-order valence-corrected chi connectivity index (χ3v) is 6.67. The van der Waals surface area contributed by atoms with Crippen molar-refractivity contribution in [1.82, 2.24) is 10.6 Å². The molecular formula is C27H23ClFN3O4S. The number of nitrogens with zero attached hydrogens (tertiary/aromatic N) is 1. The lowest BCUT2D eigenvalue weighted by atomic mass is 10.0. The van der Waals surface area contributed by atoms with Gasteiger partial charge in [0.15, 0.2) is 0 Å². The van der Waals surface area contributed by atoms with Gasteiger partial charge in [0.2, 0.25) is 11.8 Å². The Kier molecular flexibility index (Phi) is 8.37. The summed E-state index contributed by atoms with van der Waals surface area (Å²) >= 11 is 7.28. The van der Waals surface area contributed by atoms with Gasteiger partial charge in [-0.1, -0.05) is 47.5 Å². The van der Waals surface area contributed by atoms with Crippen molar-refractivity contribution >= 4 is 46.3 Å². The molecule has 10 heteroatoms. The summed E-state index contributed by atoms with van der Waals surface area (Å²) in [5.74, 6) is -1.65. The van der Waals surface area contributed by atoms with E-state index in [1.165, 1.54) is 34.6 Å². The van der Waals surface area contributed by atoms with Gasteiger partial charge in [-0.2, -0.15) is 0 Å². The van der Waals surface area contributed by atoms with Crippen LogP contribution < -0.4 is 15.5 Å². The fourth-order valence-electron chi connectivity index (χ4n) is 3.66. The molecule has 0 radical (unpaired) electrons. The van der Waals surface area contributed by atoms with E-state index < -0.39 is 36.1 Å². The van der Waals surface area contributed by atoms with E-state index >= 15 is 0 Å². The normalized spacial score (nSPS) is 11.5. The highest BCUT2D eigenvalue weighted by molar-refractivity contribution is 7.12. The Hall–Kier alpha value is -3.95. The number of thiophene rings is 1. The summed E-state index contributed by atoms with van der Waals surface area (Å²) in [4.78, 5) is 41.3. The number of hydrogen-bond acceptors (Lipinski definition) is 5. The van der Waals surface area contributed by atoms with Crippen LogP contribution in [0.25, 0.3) is 0 Å². The zero-order chi connectivity index (χ0) is 26.4. The number of amides is 3. The fraction of sp³-hybridized carbons (Fsp3) is 0.148. The molecule has 190 valence electrons. The van der Waals surface area contributed by atoms with Crippen LogP contribution in [-0.2, 0) is 16.1 Å². The lowest BCUT2D eigenvalue weighted by Gasteiger charge is -2.32. The molecule has 7 nitrogen and oxygen atoms in total. The van der Waals surface area contributed by atoms with E-state index in [9.17, 15) is 18.8 Å². The Morgan fingerprint density at radius 3 is 2.49 bits per heavy atom. The summed E-state index contributed by atoms with van der Waals surface area (Å²) in [6.07, 6.45) is 1.49. The van der Waals surface area contributed by atoms with Crippen LogP contribution in [0.4, 0.5) is 10.1 Å². The fourth-order valence-corrected chi connectivity index (χ4v) is 4.47. The molecule has 0 spiro atoms. The molecule has 0 aliphatic heterocycles. The van der Waals surface area contributed by atoms with Crippen LogP contribution in [0, 0.1) is 12.7 Å². The summed E-state index contributed by atoms with van der Waals surface area (Å²) in [6.45, 7) is 1.59. The van der Waals surface area contributed by atoms with Gasteiger partial charge < -0.3 is 15.1 Å². The number of carbonyl (C=O) groups is 3. The van der Waals surface area contributed by atoms with Gasteiger partial charge in [-0.25, -0.2) is 4.39 Å². The van der Waals surface area contributed by atoms with Crippen molar-refractivity contribution in [3.05, 3.63) is 111 Å². The molecule has 2 aromatic carbocycles. The van der Waals surface area contributed by atoms with Gasteiger partial charge in [0.05, 0.1) is 29.3 Å². The Morgan fingerprint density at radius 1 is 1.05 bits per heavy atom. The Labute approximate surface area is 221 Å². The maximum atomic E-state index is 14.0. The quantitative estimate of drug-likeness (QED) is 0.303. The highest BCUT2D eigenvalue weighted by Crippen LogP contribution is 2.31. The van der Waals surface area contributed by atoms with Crippen molar-refractivity contribution in [3.63, 3.8) is 0 Å². The maximum Gasteiger partial charge on any atom is 0.261 e. The molecule has 2 N–H and O–H groups in total. The van der Waals surface area contributed by atoms with Crippen molar-refractivity contribution < 1.29 is 23.2 Å². The van der Waals surface area contributed by atoms with Gasteiger partial charge >= 0.3 is 0 Å². The summed E-state index contributed by atoms with van der Waals surface area (Å²) in [5, 5.41) is 6.93. The monoisotopic (exact) mass is 539 g/mol. The number of anilines is 1. The smallest absolute Gasteiger partial charge is 0.261 e. The van der Waals surface area contributed by atoms with E-state index in [2.05, 4.69) is 10.6 Å². The van der Waals surface area contributed by atoms with Crippen molar-refractivity contribution in [2.24, 2.45) is 0 Å². The maximum absolute atomic E-state index is 14.0. The molecule has 4 aromatic rings. The first kappa shape index (κ1) is 26.1. The molecule has 0 aliphatic carbocycles. The van der Waals surface area contributed by atoms with Crippen molar-refractivity contribution in [2.45, 2.75) is 19.5 Å². The molecule has 0 saturated heterocycles. The van der Waals surface area contributed by atoms with Crippen LogP contribution in [0.15, 0.2) is 82.8 Å². The Balaban J connectivity index is 1.70. The van der Waals surface area contributed by atoms with Crippen LogP contribution in [0.1, 0.15) is 32.6 Å². The second-order valence-electron chi connectivity index (χ2n) is 8.13. The van der Waals surface area contributed by atoms with E-state index in [0.29, 0.717) is 16.2 Å². The van der Waals surface area contributed by atoms with Gasteiger partial charge in [-0.05, 0) is 54.3 Å². The predicted octanol–water partition coefficient (Wildman–Crippen LogP) is 5.26. The zero-order valence-corrected chi connectivity index (χ0v) is 21.3. The summed E-state index contributed by atoms with van der Waals surface area (Å²) < 4.78 is 19.3. The van der Waals surface area contributed by atoms with Crippen LogP contribution in [-0.4, -0.2) is 24.3 Å². The van der Waals surface area contributed by atoms with Crippen LogP contribution >= 0.6 is 22.9 Å². The van der Waals surface area contributed by atoms with Gasteiger partial charge in [0.1, 0.15) is 17.6 Å². The highest BCUT2D eigenvalue weighted by Gasteiger charge is 2.33. The molecule has 37 heavy (non-hydrogen) atoms. The molecule has 0 saturated carbocycles. The topological polar surface area (TPSA) is 91.7 Å². The van der Waals surface area contributed by atoms with Crippen molar-refractivity contribution in [1.29, 1.82) is 0 Å². The first-order valence-electron chi connectivity index (χ1n) is 11.3. The van der Waals surface area contributed by atoms with E-state index in [4.69, 9.17) is 16.0 Å². The van der Waals surface area contributed by atoms with Gasteiger partial charge in [-0.3, -0.25) is 19.3 Å². The average Bonchev–Trinajstić information content (AvgIpc) is 3.61. The van der Waals surface area contributed by atoms with E-state index in [-0.39, 0.29) is 17.3 Å². The molecule has 2 aromatic heterocycles. The standard InChI is InChI=1S/C27H23ClFN3O4S/c1-17-6-8-18(9-7-17)25(27(35)30-15-20-4-2-12-36-20)32(19-10-11-22(29)21(28)14-19)24(33)16-31-26(34)23-5-3-13-37-23/h2-14,25H,15-16H2,1H3,(H,30,35)(H,31,34). The third-order valence-electron chi connectivity index (χ3n) is 5.51. The second kappa shape index (κ2) is 11.9. The molecule has 2 heterocycles. The van der Waals surface area contributed by atoms with E-state index in [1.54, 1.807) is 41.8 Å². The SMILES string of the molecule is Cc1ccc(C(C(=O)NCc2ccco2)N(C(=O)CNC(=O)c2cccs2)c2ccc(F)c(Cl)c2)cc1. The molecule has 4 rings (SSSR count). The van der Waals surface area contributed by atoms with Crippen molar-refractivity contribution in [2.75, 3.05) is 11.4 Å². The number of rotatable bonds is 9. The van der Waals surface area contributed by atoms with Gasteiger partial charge in [0, 0.05) is 5.69 Å². The van der Waals surface area contributed by atoms with Crippen LogP contribution in [0.2, 0.25) is 5.02 Å². The largest absolute Gasteiger partial charge is 0.467 e. The number of nitrogens with one attached hydrogen (secondary N) is 2. The van der Waals surface area contributed by atoms with E-state index in [1.807, 2.05) is 19.1 Å². The molecule has 0 bridgehead atoms. The molecule has 0 aliphatic rings. The minimum atomic E-state index is -1.15. The van der Waals surface area contributed by atoms with Crippen LogP contribution in [0.5, 0.6) is 0 Å². The number of halogens is 2. The molecule has 1 unspecified atom stereocenters. The Morgan fingerprint density at radius 2 is 1.84 bits per heavy atom. The molecule has 1 atom stereocenters. The number of hydrogen-bond donors (Lipinski definition) is 2. The molecule has 3 amide bonds. The first-order chi connectivity index (χ1) is 17.8. The van der Waals surface area contributed by atoms with Crippen LogP contribution in [0.3, 0.4) is 0 Å². The third kappa shape index (κ3) is 6.44. The lowest BCUT2D eigenvalue weighted by molar-refractivity contribution is -0.126. The highest BCUT2D eigenvalue weighted by atomic mass is 35.5. The molecular weight excluding hydrogens is 517 g/mol. The minimum Gasteiger partial charge on any atom is -0.467 e.